The van der Waals surface area contributed by atoms with Gasteiger partial charge in [0.2, 0.25) is 0 Å². The van der Waals surface area contributed by atoms with E-state index >= 15 is 0 Å². The van der Waals surface area contributed by atoms with Crippen LogP contribution in [0, 0.1) is 0 Å². The predicted molar refractivity (Wildman–Crippen MR) is 82.6 cm³/mol. The summed E-state index contributed by atoms with van der Waals surface area (Å²) in [5.74, 6) is 0. The Kier molecular flexibility index (Phi) is 8.44. The zero-order chi connectivity index (χ0) is 17.7. The number of ether oxygens (including phenoxy) is 1. The molecular formula is C12H28O8P2. The molecule has 0 radical (unpaired) electrons. The van der Waals surface area contributed by atoms with E-state index in [9.17, 15) is 18.9 Å². The van der Waals surface area contributed by atoms with Crippen molar-refractivity contribution in [3.05, 3.63) is 0 Å². The van der Waals surface area contributed by atoms with Crippen molar-refractivity contribution < 1.29 is 38.0 Å². The number of hydrogen-bond acceptors (Lipinski definition) is 4. The molecule has 0 aromatic heterocycles. The average molecular weight is 362 g/mol. The highest BCUT2D eigenvalue weighted by molar-refractivity contribution is 7.53. The van der Waals surface area contributed by atoms with Crippen molar-refractivity contribution in [2.24, 2.45) is 0 Å². The maximum absolute atomic E-state index is 11.4. The van der Waals surface area contributed by atoms with Crippen LogP contribution < -0.4 is 0 Å². The van der Waals surface area contributed by atoms with E-state index in [1.165, 1.54) is 6.92 Å². The van der Waals surface area contributed by atoms with Crippen LogP contribution >= 0.6 is 15.4 Å². The van der Waals surface area contributed by atoms with Crippen LogP contribution in [0.15, 0.2) is 0 Å². The molecule has 0 heterocycles. The van der Waals surface area contributed by atoms with E-state index in [1.54, 1.807) is 20.8 Å². The summed E-state index contributed by atoms with van der Waals surface area (Å²) in [5, 5.41) is -1.09. The summed E-state index contributed by atoms with van der Waals surface area (Å²) >= 11 is 0. The Morgan fingerprint density at radius 1 is 0.955 bits per heavy atom. The maximum Gasteiger partial charge on any atom is 0.470 e. The van der Waals surface area contributed by atoms with E-state index in [0.29, 0.717) is 25.9 Å². The van der Waals surface area contributed by atoms with Crippen molar-refractivity contribution in [2.75, 3.05) is 13.2 Å². The van der Waals surface area contributed by atoms with E-state index in [2.05, 4.69) is 4.52 Å². The second-order valence-electron chi connectivity index (χ2n) is 6.20. The predicted octanol–water partition coefficient (Wildman–Crippen LogP) is 2.41. The Labute approximate surface area is 131 Å². The lowest BCUT2D eigenvalue weighted by atomic mass is 10.0. The molecule has 134 valence electrons. The summed E-state index contributed by atoms with van der Waals surface area (Å²) < 4.78 is 32.2. The first-order chi connectivity index (χ1) is 9.72. The van der Waals surface area contributed by atoms with Crippen molar-refractivity contribution >= 4 is 15.4 Å². The van der Waals surface area contributed by atoms with Crippen LogP contribution in [-0.4, -0.2) is 43.5 Å². The first kappa shape index (κ1) is 22.2. The molecule has 0 amide bonds. The molecule has 0 bridgehead atoms. The molecule has 0 rings (SSSR count). The van der Waals surface area contributed by atoms with Crippen LogP contribution in [0.1, 0.15) is 53.4 Å². The third kappa shape index (κ3) is 8.75. The van der Waals surface area contributed by atoms with Gasteiger partial charge in [-0.1, -0.05) is 6.92 Å². The third-order valence-electron chi connectivity index (χ3n) is 3.68. The van der Waals surface area contributed by atoms with Crippen LogP contribution in [0.3, 0.4) is 0 Å². The lowest BCUT2D eigenvalue weighted by Gasteiger charge is -2.29. The Morgan fingerprint density at radius 2 is 1.50 bits per heavy atom. The van der Waals surface area contributed by atoms with Crippen molar-refractivity contribution in [1.29, 1.82) is 0 Å². The van der Waals surface area contributed by atoms with E-state index in [-0.39, 0.29) is 13.0 Å². The minimum atomic E-state index is -4.52. The van der Waals surface area contributed by atoms with Gasteiger partial charge in [0.1, 0.15) is 0 Å². The Morgan fingerprint density at radius 3 is 1.91 bits per heavy atom. The van der Waals surface area contributed by atoms with Gasteiger partial charge >= 0.3 is 15.4 Å². The number of hydrogen-bond donors (Lipinski definition) is 4. The molecule has 0 saturated carbocycles. The summed E-state index contributed by atoms with van der Waals surface area (Å²) in [6, 6.07) is 0. The Bertz CT molecular complexity index is 427. The van der Waals surface area contributed by atoms with Crippen molar-refractivity contribution in [3.63, 3.8) is 0 Å². The third-order valence-corrected chi connectivity index (χ3v) is 6.36. The molecule has 0 aromatic rings. The van der Waals surface area contributed by atoms with Crippen LogP contribution in [0.2, 0.25) is 0 Å². The molecule has 0 fully saturated rings. The second kappa shape index (κ2) is 8.36. The van der Waals surface area contributed by atoms with Crippen LogP contribution in [0.5, 0.6) is 0 Å². The minimum absolute atomic E-state index is 0.217. The van der Waals surface area contributed by atoms with E-state index in [1.807, 2.05) is 0 Å². The highest BCUT2D eigenvalue weighted by atomic mass is 31.2. The fourth-order valence-corrected chi connectivity index (χ4v) is 3.42. The zero-order valence-corrected chi connectivity index (χ0v) is 15.3. The molecule has 0 aliphatic carbocycles. The van der Waals surface area contributed by atoms with E-state index < -0.39 is 26.2 Å². The molecule has 0 saturated heterocycles. The van der Waals surface area contributed by atoms with Gasteiger partial charge in [0.15, 0.2) is 0 Å². The van der Waals surface area contributed by atoms with Crippen molar-refractivity contribution in [2.45, 2.75) is 64.1 Å². The normalized spacial score (nSPS) is 16.5. The second-order valence-corrected chi connectivity index (χ2v) is 9.53. The summed E-state index contributed by atoms with van der Waals surface area (Å²) in [6.45, 7) is 6.96. The van der Waals surface area contributed by atoms with Gasteiger partial charge in [0, 0.05) is 13.2 Å². The standard InChI is InChI=1S/C12H28O8P2/c1-5-12(4,21(13,14)15)8-10-19-9-6-7-11(2,3)20-22(16,17)18/h5-10H2,1-4H3,(H2,13,14,15)(H2,16,17,18). The Balaban J connectivity index is 4.05. The maximum atomic E-state index is 11.4. The van der Waals surface area contributed by atoms with Crippen molar-refractivity contribution in [1.82, 2.24) is 0 Å². The lowest BCUT2D eigenvalue weighted by molar-refractivity contribution is 0.0432. The molecular weight excluding hydrogens is 334 g/mol. The van der Waals surface area contributed by atoms with Gasteiger partial charge in [-0.2, -0.15) is 0 Å². The molecule has 0 aliphatic heterocycles. The zero-order valence-electron chi connectivity index (χ0n) is 13.6. The molecule has 22 heavy (non-hydrogen) atoms. The minimum Gasteiger partial charge on any atom is -0.381 e. The van der Waals surface area contributed by atoms with Crippen LogP contribution in [-0.2, 0) is 18.4 Å². The van der Waals surface area contributed by atoms with E-state index in [4.69, 9.17) is 14.5 Å². The van der Waals surface area contributed by atoms with Crippen LogP contribution in [0.25, 0.3) is 0 Å². The SMILES string of the molecule is CCC(C)(CCOCCCC(C)(C)OP(=O)(O)O)P(=O)(O)O. The number of rotatable bonds is 11. The number of phosphoric ester groups is 1. The average Bonchev–Trinajstić information content (AvgIpc) is 2.28. The largest absolute Gasteiger partial charge is 0.470 e. The van der Waals surface area contributed by atoms with Gasteiger partial charge in [-0.05, 0) is 46.5 Å². The summed E-state index contributed by atoms with van der Waals surface area (Å²) in [4.78, 5) is 36.2. The van der Waals surface area contributed by atoms with Crippen LogP contribution in [0.4, 0.5) is 0 Å². The van der Waals surface area contributed by atoms with Gasteiger partial charge in [0.25, 0.3) is 0 Å². The molecule has 1 atom stereocenters. The smallest absolute Gasteiger partial charge is 0.381 e. The van der Waals surface area contributed by atoms with Gasteiger partial charge in [-0.15, -0.1) is 0 Å². The fraction of sp³-hybridized carbons (Fsp3) is 1.00. The Hall–Kier alpha value is 0.220. The summed E-state index contributed by atoms with van der Waals surface area (Å²) in [7, 11) is -8.70. The topological polar surface area (TPSA) is 134 Å². The molecule has 0 spiro atoms. The summed E-state index contributed by atoms with van der Waals surface area (Å²) in [6.07, 6.45) is 1.51. The number of phosphoric acid groups is 1. The van der Waals surface area contributed by atoms with Gasteiger partial charge in [-0.3, -0.25) is 9.09 Å². The molecule has 8 nitrogen and oxygen atoms in total. The molecule has 0 aromatic carbocycles. The highest BCUT2D eigenvalue weighted by Gasteiger charge is 2.40. The first-order valence-electron chi connectivity index (χ1n) is 7.12. The molecule has 0 aliphatic rings. The molecule has 10 heteroatoms. The van der Waals surface area contributed by atoms with Gasteiger partial charge < -0.3 is 24.3 Å². The van der Waals surface area contributed by atoms with E-state index in [0.717, 1.165) is 0 Å². The molecule has 4 N–H and O–H groups in total. The highest BCUT2D eigenvalue weighted by Crippen LogP contribution is 2.54. The fourth-order valence-electron chi connectivity index (χ4n) is 1.89. The monoisotopic (exact) mass is 362 g/mol. The summed E-state index contributed by atoms with van der Waals surface area (Å²) in [5.41, 5.74) is -0.966. The lowest BCUT2D eigenvalue weighted by Crippen LogP contribution is -2.26. The van der Waals surface area contributed by atoms with Gasteiger partial charge in [0.05, 0.1) is 10.8 Å². The molecule has 1 unspecified atom stereocenters. The van der Waals surface area contributed by atoms with Crippen molar-refractivity contribution in [3.8, 4) is 0 Å². The first-order valence-corrected chi connectivity index (χ1v) is 10.3. The van der Waals surface area contributed by atoms with Gasteiger partial charge in [-0.25, -0.2) is 4.57 Å². The quantitative estimate of drug-likeness (QED) is 0.325.